The second-order valence-electron chi connectivity index (χ2n) is 7.37. The number of allylic oxidation sites excluding steroid dienone is 1. The molecule has 1 saturated heterocycles. The highest BCUT2D eigenvalue weighted by atomic mass is 33.1. The topological polar surface area (TPSA) is 99.1 Å². The lowest BCUT2D eigenvalue weighted by atomic mass is 10.1. The second kappa shape index (κ2) is 12.0. The van der Waals surface area contributed by atoms with Crippen LogP contribution in [0.3, 0.4) is 0 Å². The zero-order valence-corrected chi connectivity index (χ0v) is 18.1. The van der Waals surface area contributed by atoms with E-state index in [0.29, 0.717) is 12.0 Å². The highest BCUT2D eigenvalue weighted by molar-refractivity contribution is 8.77. The monoisotopic (exact) mass is 420 g/mol. The van der Waals surface area contributed by atoms with Crippen LogP contribution in [0.5, 0.6) is 0 Å². The van der Waals surface area contributed by atoms with Crippen LogP contribution in [-0.4, -0.2) is 70.0 Å². The molecule has 0 aromatic rings. The number of hydrogen-bond donors (Lipinski definition) is 3. The van der Waals surface area contributed by atoms with Crippen LogP contribution in [0.1, 0.15) is 46.5 Å². The van der Waals surface area contributed by atoms with E-state index in [1.807, 2.05) is 21.6 Å². The molecular weight excluding hydrogens is 388 g/mol. The molecule has 1 aliphatic rings. The number of carbonyl (C=O) groups is 2. The summed E-state index contributed by atoms with van der Waals surface area (Å²) in [5.41, 5.74) is 0.498. The van der Waals surface area contributed by atoms with Gasteiger partial charge in [0.25, 0.3) is 0 Å². The average molecular weight is 421 g/mol. The average Bonchev–Trinajstić information content (AvgIpc) is 2.99. The van der Waals surface area contributed by atoms with Crippen LogP contribution in [0.4, 0.5) is 4.79 Å². The van der Waals surface area contributed by atoms with Gasteiger partial charge < -0.3 is 20.3 Å². The largest absolute Gasteiger partial charge is 0.394 e. The van der Waals surface area contributed by atoms with Gasteiger partial charge in [0, 0.05) is 35.7 Å². The van der Waals surface area contributed by atoms with Crippen molar-refractivity contribution in [3.63, 3.8) is 0 Å². The number of aliphatic hydroxyl groups is 2. The molecule has 3 atom stereocenters. The summed E-state index contributed by atoms with van der Waals surface area (Å²) in [4.78, 5) is 24.9. The number of hydrogen-bond acceptors (Lipinski definition) is 7. The van der Waals surface area contributed by atoms with E-state index < -0.39 is 24.5 Å². The Morgan fingerprint density at radius 1 is 1.37 bits per heavy atom. The van der Waals surface area contributed by atoms with Gasteiger partial charge in [0.05, 0.1) is 12.7 Å². The summed E-state index contributed by atoms with van der Waals surface area (Å²) in [5, 5.41) is 21.6. The van der Waals surface area contributed by atoms with Gasteiger partial charge in [-0.1, -0.05) is 42.4 Å². The van der Waals surface area contributed by atoms with Gasteiger partial charge in [-0.15, -0.1) is 0 Å². The molecule has 0 saturated carbocycles. The number of ether oxygens (including phenoxy) is 1. The van der Waals surface area contributed by atoms with Crippen molar-refractivity contribution in [2.75, 3.05) is 19.4 Å². The lowest BCUT2D eigenvalue weighted by molar-refractivity contribution is -0.105. The van der Waals surface area contributed by atoms with E-state index in [1.54, 1.807) is 0 Å². The molecule has 3 N–H and O–H groups in total. The van der Waals surface area contributed by atoms with Crippen molar-refractivity contribution < 1.29 is 24.5 Å². The molecule has 1 heterocycles. The summed E-state index contributed by atoms with van der Waals surface area (Å²) in [5.74, 6) is 1.00. The molecule has 9 heteroatoms. The second-order valence-corrected chi connectivity index (χ2v) is 10.6. The van der Waals surface area contributed by atoms with Crippen molar-refractivity contribution in [1.29, 1.82) is 0 Å². The first-order valence-electron chi connectivity index (χ1n) is 9.12. The van der Waals surface area contributed by atoms with Crippen molar-refractivity contribution in [3.8, 4) is 0 Å². The number of urea groups is 1. The van der Waals surface area contributed by atoms with E-state index in [1.165, 1.54) is 18.1 Å². The number of unbranched alkanes of at least 4 members (excludes halogenated alkanes) is 1. The number of aliphatic hydroxyl groups excluding tert-OH is 2. The molecule has 0 spiro atoms. The van der Waals surface area contributed by atoms with E-state index >= 15 is 0 Å². The first-order chi connectivity index (χ1) is 12.7. The number of nitrogens with zero attached hydrogens (tertiary/aromatic N) is 1. The van der Waals surface area contributed by atoms with Gasteiger partial charge in [0.2, 0.25) is 0 Å². The van der Waals surface area contributed by atoms with Crippen LogP contribution in [0.15, 0.2) is 11.8 Å². The molecular formula is C18H32N2O5S2. The molecule has 0 bridgehead atoms. The summed E-state index contributed by atoms with van der Waals surface area (Å²) < 4.78 is 5.77. The quantitative estimate of drug-likeness (QED) is 0.216. The molecule has 1 aliphatic heterocycles. The Morgan fingerprint density at radius 3 is 2.59 bits per heavy atom. The maximum absolute atomic E-state index is 12.2. The number of carbonyl (C=O) groups excluding carboxylic acids is 2. The number of nitrogens with one attached hydrogen (secondary N) is 1. The third-order valence-corrected chi connectivity index (χ3v) is 7.28. The third kappa shape index (κ3) is 8.87. The predicted molar refractivity (Wildman–Crippen MR) is 110 cm³/mol. The Kier molecular flexibility index (Phi) is 10.8. The fraction of sp³-hybridized carbons (Fsp3) is 0.778. The summed E-state index contributed by atoms with van der Waals surface area (Å²) in [6.45, 7) is 6.20. The smallest absolute Gasteiger partial charge is 0.323 e. The Balaban J connectivity index is 2.60. The number of rotatable bonds is 10. The molecule has 0 radical (unpaired) electrons. The van der Waals surface area contributed by atoms with Gasteiger partial charge in [-0.2, -0.15) is 0 Å². The Hall–Kier alpha value is -0.740. The first kappa shape index (κ1) is 24.3. The molecule has 27 heavy (non-hydrogen) atoms. The molecule has 0 aromatic heterocycles. The Bertz CT molecular complexity index is 510. The normalized spacial score (nSPS) is 23.3. The summed E-state index contributed by atoms with van der Waals surface area (Å²) in [6.07, 6.45) is 2.51. The van der Waals surface area contributed by atoms with Crippen LogP contribution < -0.4 is 5.32 Å². The maximum Gasteiger partial charge on any atom is 0.323 e. The predicted octanol–water partition coefficient (Wildman–Crippen LogP) is 2.53. The lowest BCUT2D eigenvalue weighted by Gasteiger charge is -2.25. The van der Waals surface area contributed by atoms with Crippen LogP contribution >= 0.6 is 21.6 Å². The molecule has 7 nitrogen and oxygen atoms in total. The summed E-state index contributed by atoms with van der Waals surface area (Å²) >= 11 is 0. The highest BCUT2D eigenvalue weighted by Gasteiger charge is 2.38. The minimum absolute atomic E-state index is 0.182. The van der Waals surface area contributed by atoms with E-state index in [-0.39, 0.29) is 17.8 Å². The molecule has 0 aromatic carbocycles. The van der Waals surface area contributed by atoms with E-state index in [0.717, 1.165) is 24.9 Å². The van der Waals surface area contributed by atoms with Gasteiger partial charge in [0.1, 0.15) is 18.6 Å². The SMILES string of the molecule is CNC(=O)N(/C=C(\C=O)CCCCSSC(C)(C)C)[C@H]1C[C@H](O)[C@@H](CO)O1. The minimum Gasteiger partial charge on any atom is -0.394 e. The van der Waals surface area contributed by atoms with Crippen LogP contribution in [0.2, 0.25) is 0 Å². The first-order valence-corrected chi connectivity index (χ1v) is 11.4. The fourth-order valence-electron chi connectivity index (χ4n) is 2.49. The molecule has 1 rings (SSSR count). The van der Waals surface area contributed by atoms with Crippen molar-refractivity contribution >= 4 is 33.9 Å². The van der Waals surface area contributed by atoms with Gasteiger partial charge in [-0.25, -0.2) is 4.79 Å². The van der Waals surface area contributed by atoms with Gasteiger partial charge in [0.15, 0.2) is 0 Å². The van der Waals surface area contributed by atoms with E-state index in [9.17, 15) is 19.8 Å². The summed E-state index contributed by atoms with van der Waals surface area (Å²) in [6, 6.07) is -0.428. The van der Waals surface area contributed by atoms with Gasteiger partial charge in [-0.3, -0.25) is 9.69 Å². The van der Waals surface area contributed by atoms with Crippen molar-refractivity contribution in [1.82, 2.24) is 10.2 Å². The summed E-state index contributed by atoms with van der Waals surface area (Å²) in [7, 11) is 5.16. The highest BCUT2D eigenvalue weighted by Crippen LogP contribution is 2.35. The van der Waals surface area contributed by atoms with Crippen LogP contribution in [0.25, 0.3) is 0 Å². The lowest BCUT2D eigenvalue weighted by Crippen LogP contribution is -2.42. The van der Waals surface area contributed by atoms with Gasteiger partial charge in [-0.05, 0) is 19.3 Å². The Labute approximate surface area is 169 Å². The van der Waals surface area contributed by atoms with Crippen molar-refractivity contribution in [3.05, 3.63) is 11.8 Å². The Morgan fingerprint density at radius 2 is 2.07 bits per heavy atom. The standard InChI is InChI=1S/C18H32N2O5S2/c1-18(2,3)27-26-8-6-5-7-13(11-21)10-20(17(24)19-4)16-9-14(23)15(12-22)25-16/h10-11,14-16,22-23H,5-9,12H2,1-4H3,(H,19,24)/b13-10-/t14-,15+,16+/m0/s1. The molecule has 1 fully saturated rings. The molecule has 2 amide bonds. The maximum atomic E-state index is 12.2. The van der Waals surface area contributed by atoms with Crippen molar-refractivity contribution in [2.24, 2.45) is 0 Å². The third-order valence-electron chi connectivity index (χ3n) is 3.85. The zero-order chi connectivity index (χ0) is 20.4. The number of aldehydes is 1. The number of amides is 2. The minimum atomic E-state index is -0.849. The zero-order valence-electron chi connectivity index (χ0n) is 16.5. The fourth-order valence-corrected chi connectivity index (χ4v) is 4.92. The molecule has 0 unspecified atom stereocenters. The van der Waals surface area contributed by atoms with E-state index in [4.69, 9.17) is 4.74 Å². The van der Waals surface area contributed by atoms with Gasteiger partial charge >= 0.3 is 6.03 Å². The molecule has 156 valence electrons. The molecule has 0 aliphatic carbocycles. The van der Waals surface area contributed by atoms with Crippen LogP contribution in [-0.2, 0) is 9.53 Å². The van der Waals surface area contributed by atoms with Crippen molar-refractivity contribution in [2.45, 2.75) is 69.6 Å². The van der Waals surface area contributed by atoms with E-state index in [2.05, 4.69) is 26.1 Å². The van der Waals surface area contributed by atoms with Crippen LogP contribution in [0, 0.1) is 0 Å².